The van der Waals surface area contributed by atoms with E-state index in [0.717, 1.165) is 45.9 Å². The Morgan fingerprint density at radius 3 is 0.931 bits per heavy atom. The zero-order chi connectivity index (χ0) is 50.3. The standard InChI is InChI=1S/C64H84N2O6/c1-3-5-7-9-11-13-15-17-19-21-23-25-27-33-47-69-53-43-39-51(40-44-53)63(67)71-59-49-65-61(57-37-31-29-35-55(57)59)62-58-38-32-30-36-56(58)60(50-66-62)72-64(68)52-41-45-54(46-42-52)70-48-34-28-26-24-22-20-18-16-14-12-10-8-6-4-2/h29-32,35-46,49-50H,3-28,33-34,47-48H2,1-2H3. The van der Waals surface area contributed by atoms with E-state index in [9.17, 15) is 9.59 Å². The molecule has 0 radical (unpaired) electrons. The van der Waals surface area contributed by atoms with Gasteiger partial charge in [-0.15, -0.1) is 0 Å². The first-order chi connectivity index (χ1) is 35.6. The van der Waals surface area contributed by atoms with Gasteiger partial charge >= 0.3 is 11.9 Å². The number of ether oxygens (including phenoxy) is 4. The quantitative estimate of drug-likeness (QED) is 0.0281. The summed E-state index contributed by atoms with van der Waals surface area (Å²) >= 11 is 0. The van der Waals surface area contributed by atoms with Crippen molar-refractivity contribution in [3.8, 4) is 34.4 Å². The zero-order valence-corrected chi connectivity index (χ0v) is 43.9. The van der Waals surface area contributed by atoms with Crippen LogP contribution in [0.2, 0.25) is 0 Å². The summed E-state index contributed by atoms with van der Waals surface area (Å²) in [6.07, 6.45) is 40.2. The van der Waals surface area contributed by atoms with Crippen molar-refractivity contribution in [3.05, 3.63) is 121 Å². The van der Waals surface area contributed by atoms with Gasteiger partial charge in [-0.1, -0.05) is 229 Å². The summed E-state index contributed by atoms with van der Waals surface area (Å²) in [6, 6.07) is 29.6. The highest BCUT2D eigenvalue weighted by molar-refractivity contribution is 6.06. The summed E-state index contributed by atoms with van der Waals surface area (Å²) in [6.45, 7) is 5.87. The van der Waals surface area contributed by atoms with E-state index in [1.54, 1.807) is 36.7 Å². The van der Waals surface area contributed by atoms with E-state index < -0.39 is 11.9 Å². The fraction of sp³-hybridized carbons (Fsp3) is 0.500. The van der Waals surface area contributed by atoms with Gasteiger partial charge in [-0.25, -0.2) is 9.59 Å². The number of pyridine rings is 2. The molecule has 72 heavy (non-hydrogen) atoms. The van der Waals surface area contributed by atoms with Gasteiger partial charge in [0.1, 0.15) is 11.5 Å². The van der Waals surface area contributed by atoms with Gasteiger partial charge in [0.15, 0.2) is 11.5 Å². The summed E-state index contributed by atoms with van der Waals surface area (Å²) < 4.78 is 23.9. The number of fused-ring (bicyclic) bond motifs is 2. The molecule has 6 rings (SSSR count). The van der Waals surface area contributed by atoms with Crippen molar-refractivity contribution < 1.29 is 28.5 Å². The second-order valence-corrected chi connectivity index (χ2v) is 19.8. The number of rotatable bonds is 37. The topological polar surface area (TPSA) is 96.8 Å². The molecular weight excluding hydrogens is 893 g/mol. The Balaban J connectivity index is 0.930. The minimum absolute atomic E-state index is 0.346. The van der Waals surface area contributed by atoms with Crippen molar-refractivity contribution in [3.63, 3.8) is 0 Å². The molecule has 0 bridgehead atoms. The Kier molecular flexibility index (Phi) is 25.5. The smallest absolute Gasteiger partial charge is 0.343 e. The number of carbonyl (C=O) groups is 2. The fourth-order valence-corrected chi connectivity index (χ4v) is 9.54. The third kappa shape index (κ3) is 19.0. The van der Waals surface area contributed by atoms with Crippen LogP contribution in [0.1, 0.15) is 214 Å². The normalized spacial score (nSPS) is 11.3. The molecule has 2 heterocycles. The molecule has 0 saturated carbocycles. The molecule has 0 aliphatic rings. The van der Waals surface area contributed by atoms with Gasteiger partial charge in [0, 0.05) is 21.5 Å². The largest absolute Gasteiger partial charge is 0.494 e. The first-order valence-electron chi connectivity index (χ1n) is 28.2. The van der Waals surface area contributed by atoms with Gasteiger partial charge in [0.25, 0.3) is 0 Å². The van der Waals surface area contributed by atoms with E-state index in [1.165, 1.54) is 167 Å². The van der Waals surface area contributed by atoms with Gasteiger partial charge in [-0.3, -0.25) is 9.97 Å². The van der Waals surface area contributed by atoms with E-state index in [2.05, 4.69) is 13.8 Å². The van der Waals surface area contributed by atoms with Crippen LogP contribution in [0.5, 0.6) is 23.0 Å². The fourth-order valence-electron chi connectivity index (χ4n) is 9.54. The third-order valence-corrected chi connectivity index (χ3v) is 13.9. The van der Waals surface area contributed by atoms with Crippen LogP contribution in [0.15, 0.2) is 109 Å². The lowest BCUT2D eigenvalue weighted by molar-refractivity contribution is 0.0727. The monoisotopic (exact) mass is 977 g/mol. The van der Waals surface area contributed by atoms with Crippen molar-refractivity contribution in [2.24, 2.45) is 0 Å². The predicted molar refractivity (Wildman–Crippen MR) is 297 cm³/mol. The maximum absolute atomic E-state index is 13.4. The molecule has 8 heteroatoms. The van der Waals surface area contributed by atoms with Gasteiger partial charge < -0.3 is 18.9 Å². The van der Waals surface area contributed by atoms with Gasteiger partial charge in [0.2, 0.25) is 0 Å². The van der Waals surface area contributed by atoms with Crippen LogP contribution in [0.25, 0.3) is 32.9 Å². The molecule has 0 aliphatic carbocycles. The van der Waals surface area contributed by atoms with E-state index in [4.69, 9.17) is 28.9 Å². The molecule has 386 valence electrons. The highest BCUT2D eigenvalue weighted by Gasteiger charge is 2.20. The van der Waals surface area contributed by atoms with Crippen molar-refractivity contribution in [2.45, 2.75) is 194 Å². The van der Waals surface area contributed by atoms with Crippen LogP contribution < -0.4 is 18.9 Å². The molecule has 8 nitrogen and oxygen atoms in total. The number of hydrogen-bond acceptors (Lipinski definition) is 8. The Bertz CT molecular complexity index is 2290. The first kappa shape index (κ1) is 55.6. The highest BCUT2D eigenvalue weighted by Crippen LogP contribution is 2.38. The summed E-state index contributed by atoms with van der Waals surface area (Å²) in [5, 5.41) is 2.97. The van der Waals surface area contributed by atoms with Crippen molar-refractivity contribution >= 4 is 33.5 Å². The number of unbranched alkanes of at least 4 members (excludes halogenated alkanes) is 26. The molecule has 0 spiro atoms. The number of esters is 2. The second-order valence-electron chi connectivity index (χ2n) is 19.8. The average molecular weight is 977 g/mol. The van der Waals surface area contributed by atoms with Crippen LogP contribution in [0, 0.1) is 0 Å². The molecule has 6 aromatic rings. The Morgan fingerprint density at radius 2 is 0.625 bits per heavy atom. The zero-order valence-electron chi connectivity index (χ0n) is 43.9. The lowest BCUT2D eigenvalue weighted by atomic mass is 10.0. The van der Waals surface area contributed by atoms with E-state index in [-0.39, 0.29) is 0 Å². The molecule has 0 amide bonds. The molecule has 0 fully saturated rings. The van der Waals surface area contributed by atoms with E-state index in [1.807, 2.05) is 72.8 Å². The summed E-state index contributed by atoms with van der Waals surface area (Å²) in [5.41, 5.74) is 2.07. The predicted octanol–water partition coefficient (Wildman–Crippen LogP) is 18.6. The lowest BCUT2D eigenvalue weighted by Crippen LogP contribution is -2.10. The van der Waals surface area contributed by atoms with Crippen LogP contribution in [0.4, 0.5) is 0 Å². The summed E-state index contributed by atoms with van der Waals surface area (Å²) in [5.74, 6) is 1.21. The van der Waals surface area contributed by atoms with Crippen molar-refractivity contribution in [1.82, 2.24) is 9.97 Å². The third-order valence-electron chi connectivity index (χ3n) is 13.9. The van der Waals surface area contributed by atoms with Gasteiger partial charge in [0.05, 0.1) is 48.1 Å². The van der Waals surface area contributed by atoms with Gasteiger partial charge in [-0.2, -0.15) is 0 Å². The molecular formula is C64H84N2O6. The molecule has 0 atom stereocenters. The summed E-state index contributed by atoms with van der Waals surface area (Å²) in [4.78, 5) is 36.5. The Labute approximate surface area is 432 Å². The number of aromatic nitrogens is 2. The second kappa shape index (κ2) is 33.1. The molecule has 0 saturated heterocycles. The van der Waals surface area contributed by atoms with Crippen LogP contribution in [0.3, 0.4) is 0 Å². The molecule has 0 N–H and O–H groups in total. The number of nitrogens with zero attached hydrogens (tertiary/aromatic N) is 2. The Hall–Kier alpha value is -5.76. The minimum Gasteiger partial charge on any atom is -0.494 e. The maximum Gasteiger partial charge on any atom is 0.343 e. The number of benzene rings is 4. The van der Waals surface area contributed by atoms with E-state index >= 15 is 0 Å². The lowest BCUT2D eigenvalue weighted by Gasteiger charge is -2.14. The van der Waals surface area contributed by atoms with Crippen LogP contribution >= 0.6 is 0 Å². The summed E-state index contributed by atoms with van der Waals surface area (Å²) in [7, 11) is 0. The number of carbonyl (C=O) groups excluding carboxylic acids is 2. The molecule has 4 aromatic carbocycles. The van der Waals surface area contributed by atoms with Crippen LogP contribution in [-0.2, 0) is 0 Å². The molecule has 2 aromatic heterocycles. The maximum atomic E-state index is 13.4. The van der Waals surface area contributed by atoms with Crippen molar-refractivity contribution in [2.75, 3.05) is 13.2 Å². The molecule has 0 aliphatic heterocycles. The first-order valence-corrected chi connectivity index (χ1v) is 28.2. The SMILES string of the molecule is CCCCCCCCCCCCCCCCOc1ccc(C(=O)Oc2cnc(-c3ncc(OC(=O)c4ccc(OCCCCCCCCCCCCCCCC)cc4)c4ccccc34)c3ccccc23)cc1. The van der Waals surface area contributed by atoms with Crippen molar-refractivity contribution in [1.29, 1.82) is 0 Å². The average Bonchev–Trinajstić information content (AvgIpc) is 3.41. The minimum atomic E-state index is -0.481. The highest BCUT2D eigenvalue weighted by atomic mass is 16.5. The van der Waals surface area contributed by atoms with Crippen LogP contribution in [-0.4, -0.2) is 35.1 Å². The molecule has 0 unspecified atom stereocenters. The van der Waals surface area contributed by atoms with E-state index in [0.29, 0.717) is 47.2 Å². The number of hydrogen-bond donors (Lipinski definition) is 0. The Morgan fingerprint density at radius 1 is 0.347 bits per heavy atom. The van der Waals surface area contributed by atoms with Gasteiger partial charge in [-0.05, 0) is 61.4 Å².